The molecule has 22 heavy (non-hydrogen) atoms. The van der Waals surface area contributed by atoms with Gasteiger partial charge >= 0.3 is 6.03 Å². The lowest BCUT2D eigenvalue weighted by molar-refractivity contribution is 0.173. The van der Waals surface area contributed by atoms with Crippen LogP contribution in [0.3, 0.4) is 0 Å². The van der Waals surface area contributed by atoms with Gasteiger partial charge in [-0.3, -0.25) is 4.68 Å². The van der Waals surface area contributed by atoms with Gasteiger partial charge in [0, 0.05) is 36.9 Å². The van der Waals surface area contributed by atoms with Crippen molar-refractivity contribution in [2.45, 2.75) is 12.5 Å². The summed E-state index contributed by atoms with van der Waals surface area (Å²) in [6.07, 6.45) is 3.54. The Morgan fingerprint density at radius 1 is 1.41 bits per heavy atom. The molecule has 2 amide bonds. The van der Waals surface area contributed by atoms with Crippen molar-refractivity contribution in [3.05, 3.63) is 52.8 Å². The third kappa shape index (κ3) is 4.75. The molecule has 1 aromatic carbocycles. The minimum atomic E-state index is -0.835. The van der Waals surface area contributed by atoms with Crippen molar-refractivity contribution < 1.29 is 9.90 Å². The molecule has 0 saturated carbocycles. The third-order valence-corrected chi connectivity index (χ3v) is 3.52. The fraction of sp³-hybridized carbons (Fsp3) is 0.333. The van der Waals surface area contributed by atoms with E-state index >= 15 is 0 Å². The number of rotatable bonds is 6. The van der Waals surface area contributed by atoms with E-state index in [9.17, 15) is 9.90 Å². The summed E-state index contributed by atoms with van der Waals surface area (Å²) in [7, 11) is 1.85. The molecule has 118 valence electrons. The molecule has 2 aromatic rings. The topological polar surface area (TPSA) is 79.2 Å². The average Bonchev–Trinajstić information content (AvgIpc) is 2.91. The number of benzene rings is 1. The molecule has 3 N–H and O–H groups in total. The lowest BCUT2D eigenvalue weighted by Gasteiger charge is -2.14. The van der Waals surface area contributed by atoms with E-state index in [1.54, 1.807) is 35.1 Å². The smallest absolute Gasteiger partial charge is 0.314 e. The summed E-state index contributed by atoms with van der Waals surface area (Å²) in [6, 6.07) is 6.69. The summed E-state index contributed by atoms with van der Waals surface area (Å²) in [5, 5.41) is 19.9. The number of nitrogens with one attached hydrogen (secondary N) is 2. The van der Waals surface area contributed by atoms with Gasteiger partial charge in [-0.05, 0) is 18.1 Å². The fourth-order valence-electron chi connectivity index (χ4n) is 2.03. The standard InChI is InChI=1S/C15H19ClN4O2/c1-20-10-11(8-19-20)6-7-17-15(22)18-9-14(21)12-4-2-3-5-13(12)16/h2-5,8,10,14,21H,6-7,9H2,1H3,(H2,17,18,22). The van der Waals surface area contributed by atoms with E-state index in [4.69, 9.17) is 11.6 Å². The lowest BCUT2D eigenvalue weighted by Crippen LogP contribution is -2.38. The van der Waals surface area contributed by atoms with E-state index in [1.807, 2.05) is 13.2 Å². The summed E-state index contributed by atoms with van der Waals surface area (Å²) in [6.45, 7) is 0.599. The maximum absolute atomic E-state index is 11.7. The quantitative estimate of drug-likeness (QED) is 0.756. The van der Waals surface area contributed by atoms with Crippen molar-refractivity contribution in [2.24, 2.45) is 7.05 Å². The maximum atomic E-state index is 11.7. The molecule has 0 aliphatic rings. The Kier molecular flexibility index (Phi) is 5.80. The highest BCUT2D eigenvalue weighted by molar-refractivity contribution is 6.31. The van der Waals surface area contributed by atoms with Crippen LogP contribution in [0.4, 0.5) is 4.79 Å². The summed E-state index contributed by atoms with van der Waals surface area (Å²) < 4.78 is 1.72. The van der Waals surface area contributed by atoms with Gasteiger partial charge in [0.25, 0.3) is 0 Å². The van der Waals surface area contributed by atoms with Crippen LogP contribution in [0.1, 0.15) is 17.2 Å². The molecule has 7 heteroatoms. The van der Waals surface area contributed by atoms with Crippen LogP contribution in [-0.4, -0.2) is 34.0 Å². The van der Waals surface area contributed by atoms with Crippen molar-refractivity contribution in [1.82, 2.24) is 20.4 Å². The van der Waals surface area contributed by atoms with Crippen molar-refractivity contribution in [2.75, 3.05) is 13.1 Å². The number of amides is 2. The number of urea groups is 1. The molecule has 0 fully saturated rings. The van der Waals surface area contributed by atoms with Crippen molar-refractivity contribution in [1.29, 1.82) is 0 Å². The number of hydrogen-bond donors (Lipinski definition) is 3. The highest BCUT2D eigenvalue weighted by atomic mass is 35.5. The first-order valence-corrected chi connectivity index (χ1v) is 7.36. The second-order valence-electron chi connectivity index (χ2n) is 4.95. The Bertz CT molecular complexity index is 630. The second kappa shape index (κ2) is 7.82. The first-order valence-electron chi connectivity index (χ1n) is 6.98. The van der Waals surface area contributed by atoms with Gasteiger partial charge in [-0.15, -0.1) is 0 Å². The van der Waals surface area contributed by atoms with Gasteiger partial charge < -0.3 is 15.7 Å². The van der Waals surface area contributed by atoms with Gasteiger partial charge in [-0.2, -0.15) is 5.10 Å². The molecule has 1 atom stereocenters. The number of aryl methyl sites for hydroxylation is 1. The molecule has 1 heterocycles. The van der Waals surface area contributed by atoms with Crippen LogP contribution in [0.2, 0.25) is 5.02 Å². The van der Waals surface area contributed by atoms with E-state index < -0.39 is 6.10 Å². The monoisotopic (exact) mass is 322 g/mol. The van der Waals surface area contributed by atoms with Crippen LogP contribution in [-0.2, 0) is 13.5 Å². The third-order valence-electron chi connectivity index (χ3n) is 3.18. The number of halogens is 1. The molecular weight excluding hydrogens is 304 g/mol. The zero-order valence-electron chi connectivity index (χ0n) is 12.3. The van der Waals surface area contributed by atoms with Crippen LogP contribution in [0.15, 0.2) is 36.7 Å². The molecule has 0 bridgehead atoms. The van der Waals surface area contributed by atoms with Crippen LogP contribution in [0.25, 0.3) is 0 Å². The first-order chi connectivity index (χ1) is 10.6. The van der Waals surface area contributed by atoms with Gasteiger partial charge in [-0.1, -0.05) is 29.8 Å². The Labute approximate surface area is 134 Å². The summed E-state index contributed by atoms with van der Waals surface area (Å²) in [5.74, 6) is 0. The molecule has 6 nitrogen and oxygen atoms in total. The van der Waals surface area contributed by atoms with Gasteiger partial charge in [0.05, 0.1) is 12.3 Å². The van der Waals surface area contributed by atoms with Gasteiger partial charge in [-0.25, -0.2) is 4.79 Å². The van der Waals surface area contributed by atoms with Crippen molar-refractivity contribution >= 4 is 17.6 Å². The zero-order valence-corrected chi connectivity index (χ0v) is 13.0. The number of aromatic nitrogens is 2. The summed E-state index contributed by atoms with van der Waals surface area (Å²) >= 11 is 5.99. The van der Waals surface area contributed by atoms with Crippen LogP contribution < -0.4 is 10.6 Å². The highest BCUT2D eigenvalue weighted by Crippen LogP contribution is 2.21. The fourth-order valence-corrected chi connectivity index (χ4v) is 2.29. The number of hydrogen-bond acceptors (Lipinski definition) is 3. The predicted octanol–water partition coefficient (Wildman–Crippen LogP) is 1.65. The molecular formula is C15H19ClN4O2. The van der Waals surface area contributed by atoms with E-state index in [0.29, 0.717) is 23.6 Å². The number of carbonyl (C=O) groups excluding carboxylic acids is 1. The van der Waals surface area contributed by atoms with Crippen LogP contribution >= 0.6 is 11.6 Å². The van der Waals surface area contributed by atoms with E-state index in [2.05, 4.69) is 15.7 Å². The molecule has 1 aromatic heterocycles. The first kappa shape index (κ1) is 16.3. The van der Waals surface area contributed by atoms with Crippen molar-refractivity contribution in [3.8, 4) is 0 Å². The number of nitrogens with zero attached hydrogens (tertiary/aromatic N) is 2. The minimum Gasteiger partial charge on any atom is -0.387 e. The normalized spacial score (nSPS) is 12.0. The van der Waals surface area contributed by atoms with E-state index in [0.717, 1.165) is 5.56 Å². The molecule has 0 aliphatic heterocycles. The summed E-state index contributed by atoms with van der Waals surface area (Å²) in [4.78, 5) is 11.7. The van der Waals surface area contributed by atoms with Crippen molar-refractivity contribution in [3.63, 3.8) is 0 Å². The Hall–Kier alpha value is -2.05. The van der Waals surface area contributed by atoms with Crippen LogP contribution in [0, 0.1) is 0 Å². The summed E-state index contributed by atoms with van der Waals surface area (Å²) in [5.41, 5.74) is 1.65. The second-order valence-corrected chi connectivity index (χ2v) is 5.35. The Morgan fingerprint density at radius 2 is 2.18 bits per heavy atom. The highest BCUT2D eigenvalue weighted by Gasteiger charge is 2.12. The molecule has 0 spiro atoms. The SMILES string of the molecule is Cn1cc(CCNC(=O)NCC(O)c2ccccc2Cl)cn1. The molecule has 0 aliphatic carbocycles. The molecule has 1 unspecified atom stereocenters. The van der Waals surface area contributed by atoms with E-state index in [-0.39, 0.29) is 12.6 Å². The average molecular weight is 323 g/mol. The molecule has 0 saturated heterocycles. The van der Waals surface area contributed by atoms with Gasteiger partial charge in [0.2, 0.25) is 0 Å². The minimum absolute atomic E-state index is 0.0997. The predicted molar refractivity (Wildman–Crippen MR) is 84.7 cm³/mol. The van der Waals surface area contributed by atoms with E-state index in [1.165, 1.54) is 0 Å². The van der Waals surface area contributed by atoms with Gasteiger partial charge in [0.1, 0.15) is 0 Å². The zero-order chi connectivity index (χ0) is 15.9. The van der Waals surface area contributed by atoms with Crippen LogP contribution in [0.5, 0.6) is 0 Å². The molecule has 2 rings (SSSR count). The number of carbonyl (C=O) groups is 1. The van der Waals surface area contributed by atoms with Gasteiger partial charge in [0.15, 0.2) is 0 Å². The number of aliphatic hydroxyl groups excluding tert-OH is 1. The largest absolute Gasteiger partial charge is 0.387 e. The molecule has 0 radical (unpaired) electrons. The Morgan fingerprint density at radius 3 is 2.86 bits per heavy atom. The Balaban J connectivity index is 1.70. The maximum Gasteiger partial charge on any atom is 0.314 e. The number of aliphatic hydroxyl groups is 1. The lowest BCUT2D eigenvalue weighted by atomic mass is 10.1.